The molecule has 1 spiro atoms. The van der Waals surface area contributed by atoms with E-state index in [1.54, 1.807) is 6.07 Å². The Bertz CT molecular complexity index is 426. The highest BCUT2D eigenvalue weighted by molar-refractivity contribution is 6.35. The van der Waals surface area contributed by atoms with Crippen LogP contribution in [0.4, 0.5) is 11.4 Å². The molecule has 14 heavy (non-hydrogen) atoms. The van der Waals surface area contributed by atoms with Crippen molar-refractivity contribution in [1.82, 2.24) is 0 Å². The van der Waals surface area contributed by atoms with Crippen molar-refractivity contribution in [2.24, 2.45) is 0 Å². The molecule has 0 radical (unpaired) electrons. The number of rotatable bonds is 0. The second-order valence-electron chi connectivity index (χ2n) is 3.82. The van der Waals surface area contributed by atoms with Crippen molar-refractivity contribution in [2.75, 3.05) is 10.6 Å². The van der Waals surface area contributed by atoms with Crippen LogP contribution in [-0.4, -0.2) is 11.4 Å². The van der Waals surface area contributed by atoms with Gasteiger partial charge in [0.25, 0.3) is 0 Å². The Kier molecular flexibility index (Phi) is 1.40. The number of anilines is 2. The molecule has 0 aromatic heterocycles. The third-order valence-corrected chi connectivity index (χ3v) is 3.13. The van der Waals surface area contributed by atoms with Crippen molar-refractivity contribution >= 4 is 28.9 Å². The Morgan fingerprint density at radius 2 is 2.14 bits per heavy atom. The monoisotopic (exact) mass is 208 g/mol. The number of hydrogen-bond acceptors (Lipinski definition) is 2. The molecule has 1 aliphatic carbocycles. The van der Waals surface area contributed by atoms with Crippen molar-refractivity contribution in [3.63, 3.8) is 0 Å². The van der Waals surface area contributed by atoms with E-state index >= 15 is 0 Å². The van der Waals surface area contributed by atoms with Crippen LogP contribution in [-0.2, 0) is 4.79 Å². The molecule has 1 aromatic carbocycles. The van der Waals surface area contributed by atoms with Gasteiger partial charge in [0.05, 0.1) is 16.4 Å². The lowest BCUT2D eigenvalue weighted by molar-refractivity contribution is -0.117. The zero-order valence-electron chi connectivity index (χ0n) is 7.43. The fraction of sp³-hybridized carbons (Fsp3) is 0.300. The predicted octanol–water partition coefficient (Wildman–Crippen LogP) is 2.24. The number of amides is 1. The van der Waals surface area contributed by atoms with Gasteiger partial charge in [-0.3, -0.25) is 4.79 Å². The maximum Gasteiger partial charge on any atom is 0.250 e. The van der Waals surface area contributed by atoms with Crippen LogP contribution in [0.25, 0.3) is 0 Å². The summed E-state index contributed by atoms with van der Waals surface area (Å²) in [6.45, 7) is 0. The molecule has 0 unspecified atom stereocenters. The summed E-state index contributed by atoms with van der Waals surface area (Å²) in [7, 11) is 0. The van der Waals surface area contributed by atoms with Crippen LogP contribution in [0.2, 0.25) is 5.02 Å². The van der Waals surface area contributed by atoms with Crippen LogP contribution in [0.1, 0.15) is 12.8 Å². The number of carbonyl (C=O) groups excluding carboxylic acids is 1. The lowest BCUT2D eigenvalue weighted by atomic mass is 10.1. The molecule has 0 atom stereocenters. The molecule has 1 heterocycles. The van der Waals surface area contributed by atoms with E-state index in [2.05, 4.69) is 10.6 Å². The van der Waals surface area contributed by atoms with Crippen molar-refractivity contribution in [1.29, 1.82) is 0 Å². The number of benzene rings is 1. The average molecular weight is 209 g/mol. The lowest BCUT2D eigenvalue weighted by Crippen LogP contribution is -2.41. The van der Waals surface area contributed by atoms with Gasteiger partial charge in [0.1, 0.15) is 5.54 Å². The van der Waals surface area contributed by atoms with Crippen LogP contribution in [0.15, 0.2) is 18.2 Å². The minimum absolute atomic E-state index is 0.0399. The maximum absolute atomic E-state index is 11.7. The molecule has 72 valence electrons. The molecule has 0 saturated heterocycles. The number of fused-ring (bicyclic) bond motifs is 1. The van der Waals surface area contributed by atoms with E-state index in [0.29, 0.717) is 10.7 Å². The fourth-order valence-electron chi connectivity index (χ4n) is 1.78. The summed E-state index contributed by atoms with van der Waals surface area (Å²) in [6.07, 6.45) is 1.82. The summed E-state index contributed by atoms with van der Waals surface area (Å²) >= 11 is 5.97. The Morgan fingerprint density at radius 3 is 2.86 bits per heavy atom. The maximum atomic E-state index is 11.7. The summed E-state index contributed by atoms with van der Waals surface area (Å²) < 4.78 is 0. The molecule has 4 heteroatoms. The molecular formula is C10H9ClN2O. The Hall–Kier alpha value is -1.22. The molecule has 1 fully saturated rings. The molecule has 3 rings (SSSR count). The third kappa shape index (κ3) is 0.960. The van der Waals surface area contributed by atoms with E-state index in [-0.39, 0.29) is 11.4 Å². The van der Waals surface area contributed by atoms with E-state index in [4.69, 9.17) is 11.6 Å². The van der Waals surface area contributed by atoms with E-state index in [9.17, 15) is 4.79 Å². The lowest BCUT2D eigenvalue weighted by Gasteiger charge is -2.27. The topological polar surface area (TPSA) is 41.1 Å². The highest BCUT2D eigenvalue weighted by Crippen LogP contribution is 2.46. The predicted molar refractivity (Wildman–Crippen MR) is 55.7 cm³/mol. The second-order valence-corrected chi connectivity index (χ2v) is 4.23. The van der Waals surface area contributed by atoms with Crippen LogP contribution >= 0.6 is 11.6 Å². The normalized spacial score (nSPS) is 21.1. The molecular weight excluding hydrogens is 200 g/mol. The van der Waals surface area contributed by atoms with Gasteiger partial charge in [-0.15, -0.1) is 0 Å². The first-order valence-electron chi connectivity index (χ1n) is 4.59. The largest absolute Gasteiger partial charge is 0.369 e. The molecule has 1 aromatic rings. The molecule has 3 nitrogen and oxygen atoms in total. The van der Waals surface area contributed by atoms with Crippen molar-refractivity contribution in [2.45, 2.75) is 18.4 Å². The zero-order valence-corrected chi connectivity index (χ0v) is 8.19. The minimum Gasteiger partial charge on any atom is -0.369 e. The SMILES string of the molecule is O=C1Nc2c(Cl)cccc2NC12CC2. The summed E-state index contributed by atoms with van der Waals surface area (Å²) in [5.41, 5.74) is 1.30. The minimum atomic E-state index is -0.336. The van der Waals surface area contributed by atoms with Gasteiger partial charge in [0, 0.05) is 0 Å². The van der Waals surface area contributed by atoms with E-state index < -0.39 is 0 Å². The van der Waals surface area contributed by atoms with Gasteiger partial charge < -0.3 is 10.6 Å². The summed E-state index contributed by atoms with van der Waals surface area (Å²) in [6, 6.07) is 5.58. The third-order valence-electron chi connectivity index (χ3n) is 2.81. The smallest absolute Gasteiger partial charge is 0.250 e. The van der Waals surface area contributed by atoms with Crippen LogP contribution in [0.3, 0.4) is 0 Å². The first-order valence-corrected chi connectivity index (χ1v) is 4.97. The second kappa shape index (κ2) is 2.42. The van der Waals surface area contributed by atoms with Gasteiger partial charge in [-0.05, 0) is 25.0 Å². The van der Waals surface area contributed by atoms with Gasteiger partial charge in [-0.2, -0.15) is 0 Å². The number of para-hydroxylation sites is 1. The summed E-state index contributed by atoms with van der Waals surface area (Å²) in [5, 5.41) is 6.67. The molecule has 2 aliphatic rings. The zero-order chi connectivity index (χ0) is 9.76. The molecule has 2 N–H and O–H groups in total. The van der Waals surface area contributed by atoms with Crippen molar-refractivity contribution in [3.05, 3.63) is 23.2 Å². The van der Waals surface area contributed by atoms with Gasteiger partial charge in [-0.1, -0.05) is 17.7 Å². The van der Waals surface area contributed by atoms with Crippen LogP contribution < -0.4 is 10.6 Å². The van der Waals surface area contributed by atoms with Gasteiger partial charge in [0.2, 0.25) is 5.91 Å². The highest BCUT2D eigenvalue weighted by Gasteiger charge is 2.52. The van der Waals surface area contributed by atoms with E-state index in [1.165, 1.54) is 0 Å². The van der Waals surface area contributed by atoms with Crippen molar-refractivity contribution in [3.8, 4) is 0 Å². The van der Waals surface area contributed by atoms with Gasteiger partial charge in [-0.25, -0.2) is 0 Å². The number of carbonyl (C=O) groups is 1. The fourth-order valence-corrected chi connectivity index (χ4v) is 2.00. The first-order chi connectivity index (χ1) is 6.71. The summed E-state index contributed by atoms with van der Waals surface area (Å²) in [4.78, 5) is 11.7. The molecule has 1 aliphatic heterocycles. The number of nitrogens with one attached hydrogen (secondary N) is 2. The Morgan fingerprint density at radius 1 is 1.36 bits per heavy atom. The average Bonchev–Trinajstić information content (AvgIpc) is 2.91. The first kappa shape index (κ1) is 8.12. The van der Waals surface area contributed by atoms with Crippen LogP contribution in [0, 0.1) is 0 Å². The summed E-state index contributed by atoms with van der Waals surface area (Å²) in [5.74, 6) is 0.0399. The number of halogens is 1. The Labute approximate surface area is 86.4 Å². The molecule has 1 saturated carbocycles. The highest BCUT2D eigenvalue weighted by atomic mass is 35.5. The van der Waals surface area contributed by atoms with Gasteiger partial charge >= 0.3 is 0 Å². The quantitative estimate of drug-likeness (QED) is 0.687. The van der Waals surface area contributed by atoms with E-state index in [1.807, 2.05) is 12.1 Å². The van der Waals surface area contributed by atoms with E-state index in [0.717, 1.165) is 18.5 Å². The Balaban J connectivity index is 2.11. The van der Waals surface area contributed by atoms with Crippen molar-refractivity contribution < 1.29 is 4.79 Å². The molecule has 1 amide bonds. The van der Waals surface area contributed by atoms with Gasteiger partial charge in [0.15, 0.2) is 0 Å². The molecule has 0 bridgehead atoms. The standard InChI is InChI=1S/C10H9ClN2O/c11-6-2-1-3-7-8(6)12-9(14)10(13-7)4-5-10/h1-3,13H,4-5H2,(H,12,14). The van der Waals surface area contributed by atoms with Crippen LogP contribution in [0.5, 0.6) is 0 Å². The number of hydrogen-bond donors (Lipinski definition) is 2.